The van der Waals surface area contributed by atoms with Gasteiger partial charge in [-0.25, -0.2) is 4.98 Å². The summed E-state index contributed by atoms with van der Waals surface area (Å²) >= 11 is 0. The van der Waals surface area contributed by atoms with E-state index in [1.54, 1.807) is 0 Å². The average Bonchev–Trinajstić information content (AvgIpc) is 3.15. The first kappa shape index (κ1) is 17.9. The Morgan fingerprint density at radius 3 is 2.10 bits per heavy atom. The van der Waals surface area contributed by atoms with Crippen LogP contribution in [0.2, 0.25) is 0 Å². The Bertz CT molecular complexity index is 1580. The number of aromatic nitrogens is 2. The third kappa shape index (κ3) is 2.69. The second kappa shape index (κ2) is 6.82. The van der Waals surface area contributed by atoms with Crippen LogP contribution in [0.3, 0.4) is 0 Å². The highest BCUT2D eigenvalue weighted by atomic mass is 15.0. The van der Waals surface area contributed by atoms with E-state index in [-0.39, 0.29) is 0 Å². The number of pyridine rings is 1. The maximum Gasteiger partial charge on any atom is 0.0956 e. The molecule has 0 fully saturated rings. The van der Waals surface area contributed by atoms with Crippen molar-refractivity contribution >= 4 is 32.7 Å². The number of benzene rings is 4. The number of hydrogen-bond acceptors (Lipinski definition) is 1. The van der Waals surface area contributed by atoms with Gasteiger partial charge >= 0.3 is 0 Å². The van der Waals surface area contributed by atoms with Crippen LogP contribution in [-0.2, 0) is 0 Å². The molecule has 0 saturated carbocycles. The first-order chi connectivity index (χ1) is 15.2. The molecule has 31 heavy (non-hydrogen) atoms. The molecule has 0 N–H and O–H groups in total. The number of rotatable bonds is 2. The summed E-state index contributed by atoms with van der Waals surface area (Å²) in [6.45, 7) is 4.39. The Balaban J connectivity index is 1.96. The Morgan fingerprint density at radius 1 is 0.645 bits per heavy atom. The molecule has 2 nitrogen and oxygen atoms in total. The summed E-state index contributed by atoms with van der Waals surface area (Å²) < 4.78 is 2.40. The van der Waals surface area contributed by atoms with E-state index in [1.165, 1.54) is 38.3 Å². The van der Waals surface area contributed by atoms with E-state index in [4.69, 9.17) is 4.98 Å². The molecule has 0 spiro atoms. The first-order valence-corrected chi connectivity index (χ1v) is 10.7. The van der Waals surface area contributed by atoms with Crippen LogP contribution in [0.15, 0.2) is 97.1 Å². The Hall–Kier alpha value is -3.91. The maximum atomic E-state index is 5.19. The molecule has 4 aromatic carbocycles. The van der Waals surface area contributed by atoms with Crippen molar-refractivity contribution < 1.29 is 0 Å². The molecular formula is C29H22N2. The predicted molar refractivity (Wildman–Crippen MR) is 131 cm³/mol. The van der Waals surface area contributed by atoms with Crippen LogP contribution in [0.1, 0.15) is 11.1 Å². The van der Waals surface area contributed by atoms with Crippen molar-refractivity contribution in [1.29, 1.82) is 0 Å². The molecule has 2 heterocycles. The highest BCUT2D eigenvalue weighted by Crippen LogP contribution is 2.42. The molecule has 0 unspecified atom stereocenters. The highest BCUT2D eigenvalue weighted by Gasteiger charge is 2.21. The van der Waals surface area contributed by atoms with Crippen molar-refractivity contribution in [2.45, 2.75) is 13.8 Å². The standard InChI is InChI=1S/C29H22N2/c1-19-17-20(2)28-24(18-19)26-23-15-9-10-16-25(23)30-27(21-11-5-3-6-12-21)29(26)31(28)22-13-7-4-8-14-22/h3-18H,1-2H3. The summed E-state index contributed by atoms with van der Waals surface area (Å²) in [6.07, 6.45) is 0. The van der Waals surface area contributed by atoms with Gasteiger partial charge in [-0.2, -0.15) is 0 Å². The molecule has 0 radical (unpaired) electrons. The molecule has 0 atom stereocenters. The fourth-order valence-electron chi connectivity index (χ4n) is 4.88. The topological polar surface area (TPSA) is 17.8 Å². The van der Waals surface area contributed by atoms with Gasteiger partial charge in [-0.3, -0.25) is 0 Å². The van der Waals surface area contributed by atoms with Gasteiger partial charge < -0.3 is 4.57 Å². The quantitative estimate of drug-likeness (QED) is 0.293. The molecule has 0 saturated heterocycles. The third-order valence-electron chi connectivity index (χ3n) is 6.09. The lowest BCUT2D eigenvalue weighted by atomic mass is 10.0. The molecule has 148 valence electrons. The molecule has 0 aliphatic carbocycles. The van der Waals surface area contributed by atoms with Crippen molar-refractivity contribution in [2.75, 3.05) is 0 Å². The van der Waals surface area contributed by atoms with Crippen molar-refractivity contribution in [3.63, 3.8) is 0 Å². The van der Waals surface area contributed by atoms with E-state index in [1.807, 2.05) is 0 Å². The van der Waals surface area contributed by atoms with Gasteiger partial charge in [0.2, 0.25) is 0 Å². The number of nitrogens with zero attached hydrogens (tertiary/aromatic N) is 2. The first-order valence-electron chi connectivity index (χ1n) is 10.7. The van der Waals surface area contributed by atoms with Crippen molar-refractivity contribution in [3.8, 4) is 16.9 Å². The highest BCUT2D eigenvalue weighted by molar-refractivity contribution is 6.24. The van der Waals surface area contributed by atoms with E-state index >= 15 is 0 Å². The Kier molecular flexibility index (Phi) is 3.94. The van der Waals surface area contributed by atoms with Gasteiger partial charge in [-0.1, -0.05) is 78.4 Å². The summed E-state index contributed by atoms with van der Waals surface area (Å²) in [5, 5.41) is 3.75. The van der Waals surface area contributed by atoms with Crippen LogP contribution in [0.25, 0.3) is 49.7 Å². The van der Waals surface area contributed by atoms with E-state index in [0.29, 0.717) is 0 Å². The molecule has 2 heteroatoms. The Morgan fingerprint density at radius 2 is 1.32 bits per heavy atom. The summed E-state index contributed by atoms with van der Waals surface area (Å²) in [4.78, 5) is 5.19. The normalized spacial score (nSPS) is 11.5. The minimum Gasteiger partial charge on any atom is -0.307 e. The van der Waals surface area contributed by atoms with E-state index < -0.39 is 0 Å². The van der Waals surface area contributed by atoms with Crippen molar-refractivity contribution in [1.82, 2.24) is 9.55 Å². The minimum atomic E-state index is 1.02. The second-order valence-corrected chi connectivity index (χ2v) is 8.22. The molecule has 2 aromatic heterocycles. The average molecular weight is 399 g/mol. The zero-order valence-electron chi connectivity index (χ0n) is 17.6. The van der Waals surface area contributed by atoms with Crippen LogP contribution in [-0.4, -0.2) is 9.55 Å². The van der Waals surface area contributed by atoms with Gasteiger partial charge in [0.05, 0.1) is 22.2 Å². The number of fused-ring (bicyclic) bond motifs is 5. The van der Waals surface area contributed by atoms with E-state index in [9.17, 15) is 0 Å². The van der Waals surface area contributed by atoms with Gasteiger partial charge in [-0.15, -0.1) is 0 Å². The van der Waals surface area contributed by atoms with Crippen LogP contribution < -0.4 is 0 Å². The molecule has 0 aliphatic rings. The van der Waals surface area contributed by atoms with Gasteiger partial charge in [0, 0.05) is 27.4 Å². The zero-order chi connectivity index (χ0) is 20.9. The lowest BCUT2D eigenvalue weighted by molar-refractivity contribution is 1.16. The van der Waals surface area contributed by atoms with Gasteiger partial charge in [-0.05, 0) is 43.7 Å². The number of para-hydroxylation sites is 2. The summed E-state index contributed by atoms with van der Waals surface area (Å²) in [7, 11) is 0. The van der Waals surface area contributed by atoms with Crippen LogP contribution in [0.5, 0.6) is 0 Å². The summed E-state index contributed by atoms with van der Waals surface area (Å²) in [5.41, 5.74) is 9.31. The smallest absolute Gasteiger partial charge is 0.0956 e. The van der Waals surface area contributed by atoms with Crippen molar-refractivity contribution in [2.24, 2.45) is 0 Å². The molecule has 0 bridgehead atoms. The minimum absolute atomic E-state index is 1.02. The molecule has 6 rings (SSSR count). The van der Waals surface area contributed by atoms with Gasteiger partial charge in [0.1, 0.15) is 0 Å². The molecule has 0 aliphatic heterocycles. The summed E-state index contributed by atoms with van der Waals surface area (Å²) in [5.74, 6) is 0. The Labute approximate surface area is 181 Å². The number of hydrogen-bond donors (Lipinski definition) is 0. The SMILES string of the molecule is Cc1cc(C)c2c(c1)c1c3ccccc3nc(-c3ccccc3)c1n2-c1ccccc1. The maximum absolute atomic E-state index is 5.19. The second-order valence-electron chi connectivity index (χ2n) is 8.22. The summed E-state index contributed by atoms with van der Waals surface area (Å²) in [6, 6.07) is 34.3. The zero-order valence-corrected chi connectivity index (χ0v) is 17.6. The lowest BCUT2D eigenvalue weighted by Gasteiger charge is -2.13. The molecule has 0 amide bonds. The molecular weight excluding hydrogens is 376 g/mol. The lowest BCUT2D eigenvalue weighted by Crippen LogP contribution is -1.98. The van der Waals surface area contributed by atoms with E-state index in [0.717, 1.165) is 22.5 Å². The molecule has 6 aromatic rings. The van der Waals surface area contributed by atoms with Crippen molar-refractivity contribution in [3.05, 3.63) is 108 Å². The fourth-order valence-corrected chi connectivity index (χ4v) is 4.88. The third-order valence-corrected chi connectivity index (χ3v) is 6.09. The predicted octanol–water partition coefficient (Wildman–Crippen LogP) is 7.62. The van der Waals surface area contributed by atoms with Gasteiger partial charge in [0.15, 0.2) is 0 Å². The van der Waals surface area contributed by atoms with Crippen LogP contribution >= 0.6 is 0 Å². The van der Waals surface area contributed by atoms with Crippen LogP contribution in [0.4, 0.5) is 0 Å². The van der Waals surface area contributed by atoms with E-state index in [2.05, 4.69) is 115 Å². The largest absolute Gasteiger partial charge is 0.307 e. The number of aryl methyl sites for hydroxylation is 2. The van der Waals surface area contributed by atoms with Crippen LogP contribution in [0, 0.1) is 13.8 Å². The fraction of sp³-hybridized carbons (Fsp3) is 0.0690. The van der Waals surface area contributed by atoms with Gasteiger partial charge in [0.25, 0.3) is 0 Å². The monoisotopic (exact) mass is 398 g/mol.